The highest BCUT2D eigenvalue weighted by Crippen LogP contribution is 2.12. The molecular weight excluding hydrogens is 391 g/mol. The molecule has 1 heteroatoms. The van der Waals surface area contributed by atoms with Crippen molar-refractivity contribution >= 4 is 0 Å². The fourth-order valence-electron chi connectivity index (χ4n) is 3.53. The van der Waals surface area contributed by atoms with Crippen molar-refractivity contribution in [1.29, 1.82) is 0 Å². The quantitative estimate of drug-likeness (QED) is 0.270. The monoisotopic (exact) mass is 422 g/mol. The van der Waals surface area contributed by atoms with Crippen LogP contribution >= 0.6 is 0 Å². The standard InChI is InChI=1S/C31H31F/c1-3-5-6-7-9-26-12-16-28(17-13-26)20-22-30-23-21-29(24-31(30)32)19-18-27-14-10-25(8-4-2)11-15-27/h10-17,21,23-24H,3-9H2,1-2H3. The second-order valence-corrected chi connectivity index (χ2v) is 8.15. The molecule has 0 aliphatic rings. The summed E-state index contributed by atoms with van der Waals surface area (Å²) in [6.07, 6.45) is 8.37. The van der Waals surface area contributed by atoms with Crippen LogP contribution in [0.5, 0.6) is 0 Å². The lowest BCUT2D eigenvalue weighted by Gasteiger charge is -2.01. The summed E-state index contributed by atoms with van der Waals surface area (Å²) in [5.74, 6) is 11.8. The first kappa shape index (κ1) is 23.4. The van der Waals surface area contributed by atoms with E-state index in [-0.39, 0.29) is 5.82 Å². The number of hydrogen-bond acceptors (Lipinski definition) is 0. The Morgan fingerprint density at radius 1 is 0.562 bits per heavy atom. The Balaban J connectivity index is 1.62. The van der Waals surface area contributed by atoms with Gasteiger partial charge in [-0.05, 0) is 72.9 Å². The van der Waals surface area contributed by atoms with Crippen molar-refractivity contribution in [2.24, 2.45) is 0 Å². The van der Waals surface area contributed by atoms with Crippen LogP contribution in [0.15, 0.2) is 66.7 Å². The van der Waals surface area contributed by atoms with E-state index in [0.717, 1.165) is 30.4 Å². The third kappa shape index (κ3) is 7.44. The van der Waals surface area contributed by atoms with Crippen LogP contribution in [0, 0.1) is 29.5 Å². The summed E-state index contributed by atoms with van der Waals surface area (Å²) in [4.78, 5) is 0. The van der Waals surface area contributed by atoms with Crippen LogP contribution in [0.2, 0.25) is 0 Å². The van der Waals surface area contributed by atoms with E-state index in [2.05, 4.69) is 61.8 Å². The number of hydrogen-bond donors (Lipinski definition) is 0. The topological polar surface area (TPSA) is 0 Å². The van der Waals surface area contributed by atoms with E-state index in [4.69, 9.17) is 0 Å². The van der Waals surface area contributed by atoms with E-state index in [1.807, 2.05) is 30.3 Å². The summed E-state index contributed by atoms with van der Waals surface area (Å²) in [6.45, 7) is 4.40. The predicted octanol–water partition coefficient (Wildman–Crippen LogP) is 7.70. The normalized spacial score (nSPS) is 10.1. The Kier molecular flexibility index (Phi) is 9.16. The molecule has 0 amide bonds. The molecule has 3 aromatic carbocycles. The highest BCUT2D eigenvalue weighted by Gasteiger charge is 2.00. The Morgan fingerprint density at radius 3 is 1.72 bits per heavy atom. The average molecular weight is 423 g/mol. The first-order chi connectivity index (χ1) is 15.7. The summed E-state index contributed by atoms with van der Waals surface area (Å²) in [7, 11) is 0. The third-order valence-electron chi connectivity index (χ3n) is 5.43. The Bertz CT molecular complexity index is 1110. The van der Waals surface area contributed by atoms with Gasteiger partial charge in [-0.1, -0.05) is 87.5 Å². The highest BCUT2D eigenvalue weighted by atomic mass is 19.1. The van der Waals surface area contributed by atoms with E-state index < -0.39 is 0 Å². The van der Waals surface area contributed by atoms with Gasteiger partial charge in [-0.25, -0.2) is 4.39 Å². The van der Waals surface area contributed by atoms with Crippen LogP contribution in [-0.2, 0) is 12.8 Å². The summed E-state index contributed by atoms with van der Waals surface area (Å²) in [5.41, 5.74) is 5.52. The van der Waals surface area contributed by atoms with E-state index in [1.165, 1.54) is 42.9 Å². The maximum atomic E-state index is 14.5. The van der Waals surface area contributed by atoms with Crippen LogP contribution in [0.1, 0.15) is 79.3 Å². The van der Waals surface area contributed by atoms with Crippen molar-refractivity contribution < 1.29 is 4.39 Å². The van der Waals surface area contributed by atoms with E-state index >= 15 is 0 Å². The number of unbranched alkanes of at least 4 members (excludes halogenated alkanes) is 3. The maximum Gasteiger partial charge on any atom is 0.140 e. The second kappa shape index (κ2) is 12.5. The van der Waals surface area contributed by atoms with Gasteiger partial charge in [0, 0.05) is 16.7 Å². The molecule has 0 spiro atoms. The molecule has 162 valence electrons. The van der Waals surface area contributed by atoms with Gasteiger partial charge in [-0.3, -0.25) is 0 Å². The minimum atomic E-state index is -0.338. The summed E-state index contributed by atoms with van der Waals surface area (Å²) in [5, 5.41) is 0. The lowest BCUT2D eigenvalue weighted by atomic mass is 10.0. The summed E-state index contributed by atoms with van der Waals surface area (Å²) in [6, 6.07) is 21.5. The highest BCUT2D eigenvalue weighted by molar-refractivity contribution is 5.49. The Hall–Kier alpha value is -3.29. The van der Waals surface area contributed by atoms with Crippen LogP contribution < -0.4 is 0 Å². The van der Waals surface area contributed by atoms with Crippen molar-refractivity contribution in [1.82, 2.24) is 0 Å². The maximum absolute atomic E-state index is 14.5. The molecule has 0 fully saturated rings. The average Bonchev–Trinajstić information content (AvgIpc) is 2.82. The lowest BCUT2D eigenvalue weighted by Crippen LogP contribution is -1.87. The summed E-state index contributed by atoms with van der Waals surface area (Å²) < 4.78 is 14.5. The first-order valence-corrected chi connectivity index (χ1v) is 11.7. The molecule has 3 aromatic rings. The number of aryl methyl sites for hydroxylation is 2. The largest absolute Gasteiger partial charge is 0.206 e. The molecular formula is C31H31F. The van der Waals surface area contributed by atoms with Gasteiger partial charge in [0.25, 0.3) is 0 Å². The van der Waals surface area contributed by atoms with Gasteiger partial charge in [0.1, 0.15) is 5.82 Å². The van der Waals surface area contributed by atoms with Crippen LogP contribution in [-0.4, -0.2) is 0 Å². The predicted molar refractivity (Wildman–Crippen MR) is 133 cm³/mol. The van der Waals surface area contributed by atoms with Gasteiger partial charge in [0.05, 0.1) is 5.56 Å². The molecule has 0 saturated carbocycles. The summed E-state index contributed by atoms with van der Waals surface area (Å²) >= 11 is 0. The van der Waals surface area contributed by atoms with Crippen molar-refractivity contribution in [3.63, 3.8) is 0 Å². The zero-order valence-corrected chi connectivity index (χ0v) is 19.2. The molecule has 0 bridgehead atoms. The molecule has 0 aliphatic carbocycles. The van der Waals surface area contributed by atoms with Gasteiger partial charge >= 0.3 is 0 Å². The van der Waals surface area contributed by atoms with Crippen molar-refractivity contribution in [2.75, 3.05) is 0 Å². The molecule has 32 heavy (non-hydrogen) atoms. The van der Waals surface area contributed by atoms with E-state index in [0.29, 0.717) is 11.1 Å². The molecule has 0 N–H and O–H groups in total. The molecule has 0 aliphatic heterocycles. The zero-order valence-electron chi connectivity index (χ0n) is 19.2. The molecule has 0 nitrogen and oxygen atoms in total. The Morgan fingerprint density at radius 2 is 1.12 bits per heavy atom. The Labute approximate surface area is 192 Å². The minimum absolute atomic E-state index is 0.338. The van der Waals surface area contributed by atoms with Gasteiger partial charge in [-0.15, -0.1) is 0 Å². The number of benzene rings is 3. The zero-order chi connectivity index (χ0) is 22.6. The van der Waals surface area contributed by atoms with Crippen molar-refractivity contribution in [3.8, 4) is 23.7 Å². The number of halogens is 1. The van der Waals surface area contributed by atoms with Gasteiger partial charge < -0.3 is 0 Å². The lowest BCUT2D eigenvalue weighted by molar-refractivity contribution is 0.624. The molecule has 0 heterocycles. The second-order valence-electron chi connectivity index (χ2n) is 8.15. The fraction of sp³-hybridized carbons (Fsp3) is 0.290. The third-order valence-corrected chi connectivity index (χ3v) is 5.43. The first-order valence-electron chi connectivity index (χ1n) is 11.7. The molecule has 0 radical (unpaired) electrons. The number of rotatable bonds is 7. The van der Waals surface area contributed by atoms with Crippen molar-refractivity contribution in [3.05, 3.63) is 106 Å². The van der Waals surface area contributed by atoms with E-state index in [1.54, 1.807) is 6.07 Å². The molecule has 0 unspecified atom stereocenters. The molecule has 3 rings (SSSR count). The smallest absolute Gasteiger partial charge is 0.140 e. The molecule has 0 aromatic heterocycles. The van der Waals surface area contributed by atoms with Crippen molar-refractivity contribution in [2.45, 2.75) is 58.8 Å². The minimum Gasteiger partial charge on any atom is -0.206 e. The molecule has 0 atom stereocenters. The van der Waals surface area contributed by atoms with Crippen LogP contribution in [0.4, 0.5) is 4.39 Å². The van der Waals surface area contributed by atoms with Crippen LogP contribution in [0.3, 0.4) is 0 Å². The van der Waals surface area contributed by atoms with E-state index in [9.17, 15) is 4.39 Å². The van der Waals surface area contributed by atoms with Crippen LogP contribution in [0.25, 0.3) is 0 Å². The SMILES string of the molecule is CCCCCCc1ccc(C#Cc2ccc(C#Cc3ccc(CCC)cc3)cc2F)cc1. The van der Waals surface area contributed by atoms with Gasteiger partial charge in [0.2, 0.25) is 0 Å². The fourth-order valence-corrected chi connectivity index (χ4v) is 3.53. The van der Waals surface area contributed by atoms with Gasteiger partial charge in [-0.2, -0.15) is 0 Å². The van der Waals surface area contributed by atoms with Gasteiger partial charge in [0.15, 0.2) is 0 Å². The molecule has 0 saturated heterocycles.